The lowest BCUT2D eigenvalue weighted by Crippen LogP contribution is -2.40. The zero-order valence-electron chi connectivity index (χ0n) is 18.4. The Labute approximate surface area is 215 Å². The maximum atomic E-state index is 12.8. The molecule has 34 heavy (non-hydrogen) atoms. The van der Waals surface area contributed by atoms with Crippen molar-refractivity contribution in [2.75, 3.05) is 26.7 Å². The number of carbonyl (C=O) groups excluding carboxylic acids is 3. The van der Waals surface area contributed by atoms with Gasteiger partial charge in [-0.15, -0.1) is 0 Å². The molecule has 0 spiro atoms. The molecule has 3 amide bonds. The van der Waals surface area contributed by atoms with Crippen LogP contribution in [0.3, 0.4) is 0 Å². The van der Waals surface area contributed by atoms with Crippen LogP contribution in [0.15, 0.2) is 45.8 Å². The summed E-state index contributed by atoms with van der Waals surface area (Å²) < 4.78 is 12.1. The molecule has 2 aromatic carbocycles. The van der Waals surface area contributed by atoms with Crippen molar-refractivity contribution in [1.29, 1.82) is 0 Å². The van der Waals surface area contributed by atoms with Gasteiger partial charge in [0.15, 0.2) is 11.5 Å². The molecule has 2 saturated heterocycles. The van der Waals surface area contributed by atoms with E-state index >= 15 is 0 Å². The summed E-state index contributed by atoms with van der Waals surface area (Å²) in [5.41, 5.74) is 1.60. The number of hydrogen-bond acceptors (Lipinski definition) is 6. The summed E-state index contributed by atoms with van der Waals surface area (Å²) in [6.07, 6.45) is 3.51. The minimum Gasteiger partial charge on any atom is -0.493 e. The number of halogens is 2. The lowest BCUT2D eigenvalue weighted by atomic mass is 10.1. The molecule has 2 aliphatic heterocycles. The lowest BCUT2D eigenvalue weighted by molar-refractivity contribution is -0.135. The Morgan fingerprint density at radius 3 is 2.56 bits per heavy atom. The Kier molecular flexibility index (Phi) is 7.85. The van der Waals surface area contributed by atoms with Crippen LogP contribution in [0.5, 0.6) is 11.5 Å². The van der Waals surface area contributed by atoms with Gasteiger partial charge in [-0.1, -0.05) is 23.7 Å². The molecule has 0 radical (unpaired) electrons. The fraction of sp³-hybridized carbons (Fsp3) is 0.292. The largest absolute Gasteiger partial charge is 0.493 e. The Balaban J connectivity index is 1.49. The second-order valence-corrected chi connectivity index (χ2v) is 10.1. The molecular weight excluding hydrogens is 544 g/mol. The summed E-state index contributed by atoms with van der Waals surface area (Å²) in [6.45, 7) is 1.43. The predicted molar refractivity (Wildman–Crippen MR) is 135 cm³/mol. The lowest BCUT2D eigenvalue weighted by Gasteiger charge is -2.18. The highest BCUT2D eigenvalue weighted by Gasteiger charge is 2.37. The van der Waals surface area contributed by atoms with E-state index in [-0.39, 0.29) is 17.4 Å². The summed E-state index contributed by atoms with van der Waals surface area (Å²) in [7, 11) is 1.53. The van der Waals surface area contributed by atoms with Gasteiger partial charge in [0, 0.05) is 18.1 Å². The van der Waals surface area contributed by atoms with Gasteiger partial charge in [-0.2, -0.15) is 0 Å². The first-order valence-electron chi connectivity index (χ1n) is 10.6. The zero-order chi connectivity index (χ0) is 24.2. The van der Waals surface area contributed by atoms with E-state index in [1.54, 1.807) is 35.2 Å². The number of likely N-dealkylation sites (tertiary alicyclic amines) is 1. The highest BCUT2D eigenvalue weighted by molar-refractivity contribution is 9.10. The van der Waals surface area contributed by atoms with Crippen molar-refractivity contribution in [3.63, 3.8) is 0 Å². The van der Waals surface area contributed by atoms with Crippen LogP contribution in [0.1, 0.15) is 24.0 Å². The number of methoxy groups -OCH3 is 1. The summed E-state index contributed by atoms with van der Waals surface area (Å²) in [4.78, 5) is 40.6. The standard InChI is InChI=1S/C24H22BrClN2O5S/c1-32-19-11-16(10-18(25)22(19)33-14-15-4-6-17(26)7-5-15)12-20-23(30)28(24(31)34-20)13-21(29)27-8-2-3-9-27/h4-7,10-12H,2-3,8-9,13-14H2,1H3/b20-12-. The van der Waals surface area contributed by atoms with Crippen LogP contribution >= 0.6 is 39.3 Å². The first-order chi connectivity index (χ1) is 16.4. The van der Waals surface area contributed by atoms with E-state index in [9.17, 15) is 14.4 Å². The molecule has 2 aromatic rings. The number of imide groups is 1. The average molecular weight is 566 g/mol. The molecule has 178 valence electrons. The third-order valence-electron chi connectivity index (χ3n) is 5.47. The van der Waals surface area contributed by atoms with E-state index in [0.717, 1.165) is 35.1 Å². The van der Waals surface area contributed by atoms with Crippen molar-refractivity contribution in [2.24, 2.45) is 0 Å². The molecule has 4 rings (SSSR count). The Morgan fingerprint density at radius 2 is 1.88 bits per heavy atom. The number of thioether (sulfide) groups is 1. The molecule has 0 saturated carbocycles. The number of rotatable bonds is 7. The van der Waals surface area contributed by atoms with E-state index in [2.05, 4.69) is 15.9 Å². The molecule has 0 bridgehead atoms. The second kappa shape index (κ2) is 10.8. The highest BCUT2D eigenvalue weighted by Crippen LogP contribution is 2.39. The van der Waals surface area contributed by atoms with E-state index in [4.69, 9.17) is 21.1 Å². The van der Waals surface area contributed by atoms with Gasteiger partial charge in [0.05, 0.1) is 16.5 Å². The van der Waals surface area contributed by atoms with Crippen LogP contribution in [0.25, 0.3) is 6.08 Å². The van der Waals surface area contributed by atoms with Gasteiger partial charge < -0.3 is 14.4 Å². The van der Waals surface area contributed by atoms with Crippen LogP contribution in [0, 0.1) is 0 Å². The maximum absolute atomic E-state index is 12.8. The monoisotopic (exact) mass is 564 g/mol. The molecule has 0 atom stereocenters. The van der Waals surface area contributed by atoms with E-state index in [0.29, 0.717) is 46.3 Å². The Bertz CT molecular complexity index is 1150. The smallest absolute Gasteiger partial charge is 0.294 e. The van der Waals surface area contributed by atoms with E-state index in [1.807, 2.05) is 12.1 Å². The summed E-state index contributed by atoms with van der Waals surface area (Å²) in [5, 5.41) is 0.203. The van der Waals surface area contributed by atoms with Crippen molar-refractivity contribution in [3.05, 3.63) is 61.9 Å². The summed E-state index contributed by atoms with van der Waals surface area (Å²) in [5.74, 6) is 0.310. The number of carbonyl (C=O) groups is 3. The Morgan fingerprint density at radius 1 is 1.18 bits per heavy atom. The van der Waals surface area contributed by atoms with Crippen molar-refractivity contribution >= 4 is 62.4 Å². The van der Waals surface area contributed by atoms with Crippen LogP contribution in [0.4, 0.5) is 4.79 Å². The van der Waals surface area contributed by atoms with E-state index in [1.165, 1.54) is 7.11 Å². The van der Waals surface area contributed by atoms with Gasteiger partial charge in [-0.3, -0.25) is 19.3 Å². The van der Waals surface area contributed by atoms with Gasteiger partial charge in [0.25, 0.3) is 11.1 Å². The third-order valence-corrected chi connectivity index (χ3v) is 7.22. The quantitative estimate of drug-likeness (QED) is 0.422. The fourth-order valence-corrected chi connectivity index (χ4v) is 5.23. The normalized spacial score (nSPS) is 17.1. The number of amides is 3. The van der Waals surface area contributed by atoms with Crippen LogP contribution in [0.2, 0.25) is 5.02 Å². The molecule has 2 fully saturated rings. The molecule has 0 aromatic heterocycles. The van der Waals surface area contributed by atoms with Crippen molar-refractivity contribution in [1.82, 2.24) is 9.80 Å². The number of nitrogens with zero attached hydrogens (tertiary/aromatic N) is 2. The number of hydrogen-bond donors (Lipinski definition) is 0. The van der Waals surface area contributed by atoms with Crippen molar-refractivity contribution in [2.45, 2.75) is 19.4 Å². The number of ether oxygens (including phenoxy) is 2. The number of benzene rings is 2. The zero-order valence-corrected chi connectivity index (χ0v) is 21.5. The first-order valence-corrected chi connectivity index (χ1v) is 12.6. The molecule has 0 aliphatic carbocycles. The predicted octanol–water partition coefficient (Wildman–Crippen LogP) is 5.35. The van der Waals surface area contributed by atoms with Gasteiger partial charge in [0.1, 0.15) is 13.2 Å². The first kappa shape index (κ1) is 24.6. The van der Waals surface area contributed by atoms with Crippen molar-refractivity contribution in [3.8, 4) is 11.5 Å². The molecular formula is C24H22BrClN2O5S. The average Bonchev–Trinajstić information content (AvgIpc) is 3.44. The summed E-state index contributed by atoms with van der Waals surface area (Å²) >= 11 is 10.3. The van der Waals surface area contributed by atoms with Crippen LogP contribution in [-0.4, -0.2) is 53.6 Å². The van der Waals surface area contributed by atoms with Crippen LogP contribution in [-0.2, 0) is 16.2 Å². The molecule has 2 aliphatic rings. The van der Waals surface area contributed by atoms with E-state index < -0.39 is 11.1 Å². The van der Waals surface area contributed by atoms with Gasteiger partial charge >= 0.3 is 0 Å². The summed E-state index contributed by atoms with van der Waals surface area (Å²) in [6, 6.07) is 10.8. The maximum Gasteiger partial charge on any atom is 0.294 e. The molecule has 7 nitrogen and oxygen atoms in total. The van der Waals surface area contributed by atoms with Gasteiger partial charge in [0.2, 0.25) is 5.91 Å². The minimum atomic E-state index is -0.472. The minimum absolute atomic E-state index is 0.201. The SMILES string of the molecule is COc1cc(/C=C2\SC(=O)N(CC(=O)N3CCCC3)C2=O)cc(Br)c1OCc1ccc(Cl)cc1. The third kappa shape index (κ3) is 5.59. The van der Waals surface area contributed by atoms with Crippen molar-refractivity contribution < 1.29 is 23.9 Å². The topological polar surface area (TPSA) is 76.2 Å². The van der Waals surface area contributed by atoms with Gasteiger partial charge in [-0.25, -0.2) is 0 Å². The fourth-order valence-electron chi connectivity index (χ4n) is 3.69. The Hall–Kier alpha value is -2.49. The van der Waals surface area contributed by atoms with Crippen LogP contribution < -0.4 is 9.47 Å². The van der Waals surface area contributed by atoms with Gasteiger partial charge in [-0.05, 0) is 82.0 Å². The molecule has 0 N–H and O–H groups in total. The molecule has 2 heterocycles. The molecule has 10 heteroatoms. The highest BCUT2D eigenvalue weighted by atomic mass is 79.9. The molecule has 0 unspecified atom stereocenters. The second-order valence-electron chi connectivity index (χ2n) is 7.81.